The normalized spacial score (nSPS) is 12.5. The molecule has 0 aromatic heterocycles. The van der Waals surface area contributed by atoms with E-state index in [0.29, 0.717) is 22.7 Å². The smallest absolute Gasteiger partial charge is 0.412 e. The number of aliphatic carboxylic acids is 1. The SMILES string of the molecule is O=C(O)/C=C/[C@H](Oc1ccccc1)[C@@H](OC(=O)Nc1ccc(Br)cc1)c1cccc(OCCO)c1. The molecule has 0 spiro atoms. The van der Waals surface area contributed by atoms with Gasteiger partial charge >= 0.3 is 12.1 Å². The third-order valence-electron chi connectivity index (χ3n) is 4.61. The van der Waals surface area contributed by atoms with Gasteiger partial charge in [0.25, 0.3) is 0 Å². The summed E-state index contributed by atoms with van der Waals surface area (Å²) in [7, 11) is 0. The number of aliphatic hydroxyl groups is 1. The molecule has 0 saturated heterocycles. The fraction of sp³-hybridized carbons (Fsp3) is 0.154. The number of carboxylic acids is 1. The Morgan fingerprint density at radius 1 is 0.971 bits per heavy atom. The van der Waals surface area contributed by atoms with Gasteiger partial charge in [-0.05, 0) is 54.6 Å². The zero-order valence-electron chi connectivity index (χ0n) is 18.5. The summed E-state index contributed by atoms with van der Waals surface area (Å²) in [6.07, 6.45) is -0.544. The molecule has 3 rings (SSSR count). The molecular formula is C26H24BrNO7. The van der Waals surface area contributed by atoms with Crippen molar-refractivity contribution in [3.63, 3.8) is 0 Å². The number of hydrogen-bond donors (Lipinski definition) is 3. The van der Waals surface area contributed by atoms with Crippen LogP contribution in [0.5, 0.6) is 11.5 Å². The predicted molar refractivity (Wildman–Crippen MR) is 134 cm³/mol. The van der Waals surface area contributed by atoms with Gasteiger partial charge < -0.3 is 24.4 Å². The Morgan fingerprint density at radius 2 is 1.69 bits per heavy atom. The van der Waals surface area contributed by atoms with E-state index >= 15 is 0 Å². The van der Waals surface area contributed by atoms with Crippen molar-refractivity contribution in [1.82, 2.24) is 0 Å². The first-order chi connectivity index (χ1) is 16.9. The first-order valence-electron chi connectivity index (χ1n) is 10.6. The van der Waals surface area contributed by atoms with Gasteiger partial charge in [0.2, 0.25) is 0 Å². The lowest BCUT2D eigenvalue weighted by Gasteiger charge is -2.26. The Kier molecular flexibility index (Phi) is 9.70. The molecule has 0 radical (unpaired) electrons. The van der Waals surface area contributed by atoms with E-state index in [1.54, 1.807) is 72.8 Å². The Bertz CT molecular complexity index is 1140. The molecule has 9 heteroatoms. The minimum absolute atomic E-state index is 0.0852. The van der Waals surface area contributed by atoms with Gasteiger partial charge in [0, 0.05) is 21.8 Å². The number of carbonyl (C=O) groups is 2. The maximum atomic E-state index is 12.8. The highest BCUT2D eigenvalue weighted by Gasteiger charge is 2.28. The van der Waals surface area contributed by atoms with Crippen LogP contribution < -0.4 is 14.8 Å². The van der Waals surface area contributed by atoms with E-state index < -0.39 is 24.3 Å². The minimum Gasteiger partial charge on any atom is -0.491 e. The summed E-state index contributed by atoms with van der Waals surface area (Å²) in [4.78, 5) is 24.1. The number of anilines is 1. The first kappa shape index (κ1) is 25.8. The number of halogens is 1. The fourth-order valence-electron chi connectivity index (χ4n) is 3.10. The molecule has 2 atom stereocenters. The summed E-state index contributed by atoms with van der Waals surface area (Å²) in [5, 5.41) is 20.9. The average molecular weight is 542 g/mol. The van der Waals surface area contributed by atoms with E-state index in [2.05, 4.69) is 21.2 Å². The van der Waals surface area contributed by atoms with Crippen molar-refractivity contribution in [2.24, 2.45) is 0 Å². The number of nitrogens with one attached hydrogen (secondary N) is 1. The highest BCUT2D eigenvalue weighted by molar-refractivity contribution is 9.10. The van der Waals surface area contributed by atoms with E-state index in [9.17, 15) is 14.7 Å². The van der Waals surface area contributed by atoms with Crippen LogP contribution in [0.4, 0.5) is 10.5 Å². The van der Waals surface area contributed by atoms with Crippen LogP contribution in [0.25, 0.3) is 0 Å². The zero-order chi connectivity index (χ0) is 25.0. The van der Waals surface area contributed by atoms with Gasteiger partial charge in [0.1, 0.15) is 18.1 Å². The van der Waals surface area contributed by atoms with Crippen LogP contribution in [-0.4, -0.2) is 41.6 Å². The highest BCUT2D eigenvalue weighted by atomic mass is 79.9. The molecule has 0 saturated carbocycles. The molecule has 0 fully saturated rings. The molecule has 3 N–H and O–H groups in total. The van der Waals surface area contributed by atoms with Crippen molar-refractivity contribution in [1.29, 1.82) is 0 Å². The monoisotopic (exact) mass is 541 g/mol. The lowest BCUT2D eigenvalue weighted by Crippen LogP contribution is -2.29. The molecule has 0 aliphatic heterocycles. The molecule has 35 heavy (non-hydrogen) atoms. The van der Waals surface area contributed by atoms with Crippen molar-refractivity contribution >= 4 is 33.7 Å². The number of carboxylic acid groups (broad SMARTS) is 1. The van der Waals surface area contributed by atoms with Crippen LogP contribution in [0.1, 0.15) is 11.7 Å². The molecule has 0 heterocycles. The number of carbonyl (C=O) groups excluding carboxylic acids is 1. The number of aliphatic hydroxyl groups excluding tert-OH is 1. The Labute approximate surface area is 210 Å². The molecular weight excluding hydrogens is 518 g/mol. The van der Waals surface area contributed by atoms with Crippen LogP contribution in [0.2, 0.25) is 0 Å². The number of ether oxygens (including phenoxy) is 3. The summed E-state index contributed by atoms with van der Waals surface area (Å²) < 4.78 is 18.1. The number of amides is 1. The van der Waals surface area contributed by atoms with Crippen molar-refractivity contribution in [2.75, 3.05) is 18.5 Å². The van der Waals surface area contributed by atoms with E-state index in [1.165, 1.54) is 6.08 Å². The summed E-state index contributed by atoms with van der Waals surface area (Å²) in [5.41, 5.74) is 1.01. The van der Waals surface area contributed by atoms with Crippen LogP contribution in [0.3, 0.4) is 0 Å². The summed E-state index contributed by atoms with van der Waals surface area (Å²) in [6.45, 7) is -0.0806. The third-order valence-corrected chi connectivity index (χ3v) is 5.14. The van der Waals surface area contributed by atoms with Gasteiger partial charge in [0.15, 0.2) is 12.2 Å². The first-order valence-corrected chi connectivity index (χ1v) is 11.4. The van der Waals surface area contributed by atoms with Gasteiger partial charge in [0.05, 0.1) is 6.61 Å². The van der Waals surface area contributed by atoms with Gasteiger partial charge in [-0.1, -0.05) is 46.3 Å². The van der Waals surface area contributed by atoms with Crippen molar-refractivity contribution in [3.05, 3.63) is 101 Å². The lowest BCUT2D eigenvalue weighted by atomic mass is 10.0. The van der Waals surface area contributed by atoms with Crippen LogP contribution >= 0.6 is 15.9 Å². The summed E-state index contributed by atoms with van der Waals surface area (Å²) in [5.74, 6) is -0.272. The molecule has 0 unspecified atom stereocenters. The molecule has 0 aliphatic rings. The van der Waals surface area contributed by atoms with Crippen LogP contribution in [0, 0.1) is 0 Å². The van der Waals surface area contributed by atoms with Crippen molar-refractivity contribution < 1.29 is 34.0 Å². The second-order valence-electron chi connectivity index (χ2n) is 7.20. The molecule has 0 aliphatic carbocycles. The third kappa shape index (κ3) is 8.47. The average Bonchev–Trinajstić information content (AvgIpc) is 2.86. The zero-order valence-corrected chi connectivity index (χ0v) is 20.1. The van der Waals surface area contributed by atoms with Crippen molar-refractivity contribution in [3.8, 4) is 11.5 Å². The van der Waals surface area contributed by atoms with E-state index in [4.69, 9.17) is 19.3 Å². The minimum atomic E-state index is -1.18. The number of hydrogen-bond acceptors (Lipinski definition) is 6. The largest absolute Gasteiger partial charge is 0.491 e. The topological polar surface area (TPSA) is 114 Å². The fourth-order valence-corrected chi connectivity index (χ4v) is 3.37. The second-order valence-corrected chi connectivity index (χ2v) is 8.11. The molecule has 3 aromatic carbocycles. The molecule has 3 aromatic rings. The molecule has 0 bridgehead atoms. The van der Waals surface area contributed by atoms with E-state index in [-0.39, 0.29) is 13.2 Å². The summed E-state index contributed by atoms with van der Waals surface area (Å²) in [6, 6.07) is 22.5. The maximum absolute atomic E-state index is 12.8. The van der Waals surface area contributed by atoms with Crippen LogP contribution in [0.15, 0.2) is 95.5 Å². The molecule has 1 amide bonds. The molecule has 182 valence electrons. The molecule has 8 nitrogen and oxygen atoms in total. The Morgan fingerprint density at radius 3 is 2.37 bits per heavy atom. The maximum Gasteiger partial charge on any atom is 0.412 e. The van der Waals surface area contributed by atoms with Gasteiger partial charge in [-0.15, -0.1) is 0 Å². The highest BCUT2D eigenvalue weighted by Crippen LogP contribution is 2.30. The van der Waals surface area contributed by atoms with Crippen molar-refractivity contribution in [2.45, 2.75) is 12.2 Å². The lowest BCUT2D eigenvalue weighted by molar-refractivity contribution is -0.131. The van der Waals surface area contributed by atoms with Gasteiger partial charge in [-0.25, -0.2) is 9.59 Å². The Balaban J connectivity index is 1.94. The second kappa shape index (κ2) is 13.2. The summed E-state index contributed by atoms with van der Waals surface area (Å²) >= 11 is 3.34. The van der Waals surface area contributed by atoms with Gasteiger partial charge in [-0.3, -0.25) is 5.32 Å². The number of rotatable bonds is 11. The Hall–Kier alpha value is -3.82. The van der Waals surface area contributed by atoms with Crippen LogP contribution in [-0.2, 0) is 9.53 Å². The van der Waals surface area contributed by atoms with E-state index in [1.807, 2.05) is 6.07 Å². The quantitative estimate of drug-likeness (QED) is 0.286. The number of para-hydroxylation sites is 1. The standard InChI is InChI=1S/C26H24BrNO7/c27-19-9-11-20(12-10-19)28-26(32)35-25(18-5-4-8-22(17-18)33-16-15-29)23(13-14-24(30)31)34-21-6-2-1-3-7-21/h1-14,17,23,25,29H,15-16H2,(H,28,32)(H,30,31)/b14-13+/t23-,25-/m0/s1. The number of benzene rings is 3. The van der Waals surface area contributed by atoms with Gasteiger partial charge in [-0.2, -0.15) is 0 Å². The van der Waals surface area contributed by atoms with E-state index in [0.717, 1.165) is 10.5 Å². The predicted octanol–water partition coefficient (Wildman–Crippen LogP) is 5.20.